The zero-order valence-electron chi connectivity index (χ0n) is 10.5. The van der Waals surface area contributed by atoms with E-state index in [2.05, 4.69) is 0 Å². The summed E-state index contributed by atoms with van der Waals surface area (Å²) in [7, 11) is 0. The maximum absolute atomic E-state index is 6.34. The summed E-state index contributed by atoms with van der Waals surface area (Å²) in [4.78, 5) is 0. The fraction of sp³-hybridized carbons (Fsp3) is 0.200. The Balaban J connectivity index is 2.08. The number of halogens is 3. The summed E-state index contributed by atoms with van der Waals surface area (Å²) >= 11 is 18.2. The summed E-state index contributed by atoms with van der Waals surface area (Å²) in [5, 5.41) is 1.78. The van der Waals surface area contributed by atoms with Gasteiger partial charge in [0, 0.05) is 27.1 Å². The fourth-order valence-electron chi connectivity index (χ4n) is 2.46. The Kier molecular flexibility index (Phi) is 3.83. The monoisotopic (exact) mass is 327 g/mol. The molecule has 2 aromatic carbocycles. The number of ether oxygens (including phenoxy) is 1. The molecule has 0 spiro atoms. The van der Waals surface area contributed by atoms with Gasteiger partial charge in [-0.1, -0.05) is 34.8 Å². The summed E-state index contributed by atoms with van der Waals surface area (Å²) in [6.07, 6.45) is 0.853. The highest BCUT2D eigenvalue weighted by molar-refractivity contribution is 6.34. The van der Waals surface area contributed by atoms with Crippen molar-refractivity contribution in [2.45, 2.75) is 12.5 Å². The lowest BCUT2D eigenvalue weighted by Crippen LogP contribution is -2.13. The van der Waals surface area contributed by atoms with E-state index in [0.29, 0.717) is 21.7 Å². The van der Waals surface area contributed by atoms with E-state index in [1.54, 1.807) is 18.2 Å². The van der Waals surface area contributed by atoms with E-state index in [1.807, 2.05) is 12.1 Å². The van der Waals surface area contributed by atoms with E-state index < -0.39 is 0 Å². The van der Waals surface area contributed by atoms with Crippen molar-refractivity contribution in [2.24, 2.45) is 5.73 Å². The number of hydrogen-bond acceptors (Lipinski definition) is 2. The van der Waals surface area contributed by atoms with Crippen molar-refractivity contribution in [3.8, 4) is 5.75 Å². The van der Waals surface area contributed by atoms with Gasteiger partial charge in [-0.25, -0.2) is 0 Å². The van der Waals surface area contributed by atoms with E-state index in [9.17, 15) is 0 Å². The Morgan fingerprint density at radius 3 is 2.30 bits per heavy atom. The van der Waals surface area contributed by atoms with Crippen molar-refractivity contribution < 1.29 is 4.74 Å². The van der Waals surface area contributed by atoms with Gasteiger partial charge in [-0.2, -0.15) is 0 Å². The second-order valence-corrected chi connectivity index (χ2v) is 6.07. The zero-order valence-corrected chi connectivity index (χ0v) is 12.8. The van der Waals surface area contributed by atoms with Gasteiger partial charge in [0.2, 0.25) is 0 Å². The second-order valence-electron chi connectivity index (χ2n) is 4.76. The molecule has 2 aromatic rings. The second kappa shape index (κ2) is 5.45. The highest BCUT2D eigenvalue weighted by Gasteiger charge is 2.22. The Morgan fingerprint density at radius 1 is 0.950 bits per heavy atom. The maximum atomic E-state index is 6.34. The lowest BCUT2D eigenvalue weighted by atomic mass is 9.96. The first kappa shape index (κ1) is 14.0. The largest absolute Gasteiger partial charge is 0.493 e. The normalized spacial score (nSPS) is 14.8. The Labute approximate surface area is 132 Å². The van der Waals surface area contributed by atoms with Gasteiger partial charge in [-0.05, 0) is 41.5 Å². The quantitative estimate of drug-likeness (QED) is 0.872. The SMILES string of the molecule is NC(c1cc(Cl)cc(Cl)c1)c1cc(Cl)cc2c1OCC2. The number of fused-ring (bicyclic) bond motifs is 1. The molecule has 1 aliphatic heterocycles. The van der Waals surface area contributed by atoms with Gasteiger partial charge >= 0.3 is 0 Å². The fourth-order valence-corrected chi connectivity index (χ4v) is 3.26. The van der Waals surface area contributed by atoms with Crippen molar-refractivity contribution >= 4 is 34.8 Å². The molecule has 1 heterocycles. The van der Waals surface area contributed by atoms with E-state index in [-0.39, 0.29) is 6.04 Å². The van der Waals surface area contributed by atoms with Crippen LogP contribution in [0.2, 0.25) is 15.1 Å². The Morgan fingerprint density at radius 2 is 1.60 bits per heavy atom. The molecule has 104 valence electrons. The lowest BCUT2D eigenvalue weighted by molar-refractivity contribution is 0.352. The van der Waals surface area contributed by atoms with Gasteiger partial charge in [-0.3, -0.25) is 0 Å². The van der Waals surface area contributed by atoms with Crippen molar-refractivity contribution in [1.29, 1.82) is 0 Å². The van der Waals surface area contributed by atoms with Crippen LogP contribution in [0.25, 0.3) is 0 Å². The molecule has 1 atom stereocenters. The molecule has 0 bridgehead atoms. The van der Waals surface area contributed by atoms with Crippen LogP contribution in [0.15, 0.2) is 30.3 Å². The number of hydrogen-bond donors (Lipinski definition) is 1. The first-order chi connectivity index (χ1) is 9.54. The predicted octanol–water partition coefficient (Wildman–Crippen LogP) is 4.63. The van der Waals surface area contributed by atoms with Gasteiger partial charge in [0.15, 0.2) is 0 Å². The summed E-state index contributed by atoms with van der Waals surface area (Å²) in [5.74, 6) is 0.831. The van der Waals surface area contributed by atoms with Crippen molar-refractivity contribution in [1.82, 2.24) is 0 Å². The molecular formula is C15H12Cl3NO. The number of benzene rings is 2. The summed E-state index contributed by atoms with van der Waals surface area (Å²) in [5.41, 5.74) is 9.13. The highest BCUT2D eigenvalue weighted by Crippen LogP contribution is 2.38. The molecule has 0 aliphatic carbocycles. The van der Waals surface area contributed by atoms with E-state index in [0.717, 1.165) is 28.9 Å². The predicted molar refractivity (Wildman–Crippen MR) is 83.1 cm³/mol. The van der Waals surface area contributed by atoms with Crippen molar-refractivity contribution in [2.75, 3.05) is 6.61 Å². The van der Waals surface area contributed by atoms with Gasteiger partial charge in [0.25, 0.3) is 0 Å². The lowest BCUT2D eigenvalue weighted by Gasteiger charge is -2.17. The van der Waals surface area contributed by atoms with Crippen LogP contribution in [0.4, 0.5) is 0 Å². The minimum atomic E-state index is -0.378. The molecule has 1 aliphatic rings. The molecule has 3 rings (SSSR count). The Hall–Kier alpha value is -0.930. The molecule has 0 fully saturated rings. The van der Waals surface area contributed by atoms with Crippen LogP contribution in [-0.4, -0.2) is 6.61 Å². The van der Waals surface area contributed by atoms with Crippen LogP contribution in [0.1, 0.15) is 22.7 Å². The third-order valence-electron chi connectivity index (χ3n) is 3.36. The number of nitrogens with two attached hydrogens (primary N) is 1. The third kappa shape index (κ3) is 2.61. The van der Waals surface area contributed by atoms with Crippen molar-refractivity contribution in [3.05, 3.63) is 62.1 Å². The Bertz CT molecular complexity index is 652. The van der Waals surface area contributed by atoms with Gasteiger partial charge in [-0.15, -0.1) is 0 Å². The summed E-state index contributed by atoms with van der Waals surface area (Å²) in [6, 6.07) is 8.67. The molecule has 0 saturated heterocycles. The van der Waals surface area contributed by atoms with Crippen LogP contribution in [-0.2, 0) is 6.42 Å². The molecule has 0 saturated carbocycles. The van der Waals surface area contributed by atoms with Crippen LogP contribution < -0.4 is 10.5 Å². The standard InChI is InChI=1S/C15H12Cl3NO/c16-10-4-9(5-11(17)6-10)14(19)13-7-12(18)3-8-1-2-20-15(8)13/h3-7,14H,1-2,19H2. The summed E-state index contributed by atoms with van der Waals surface area (Å²) < 4.78 is 5.68. The molecular weight excluding hydrogens is 317 g/mol. The first-order valence-corrected chi connectivity index (χ1v) is 7.34. The summed E-state index contributed by atoms with van der Waals surface area (Å²) in [6.45, 7) is 0.658. The molecule has 2 nitrogen and oxygen atoms in total. The molecule has 1 unspecified atom stereocenters. The van der Waals surface area contributed by atoms with Gasteiger partial charge in [0.05, 0.1) is 12.6 Å². The van der Waals surface area contributed by atoms with Gasteiger partial charge < -0.3 is 10.5 Å². The van der Waals surface area contributed by atoms with Crippen LogP contribution in [0.5, 0.6) is 5.75 Å². The van der Waals surface area contributed by atoms with E-state index >= 15 is 0 Å². The molecule has 20 heavy (non-hydrogen) atoms. The first-order valence-electron chi connectivity index (χ1n) is 6.21. The smallest absolute Gasteiger partial charge is 0.127 e. The molecule has 0 amide bonds. The van der Waals surface area contributed by atoms with E-state index in [1.165, 1.54) is 0 Å². The van der Waals surface area contributed by atoms with Crippen LogP contribution in [0, 0.1) is 0 Å². The molecule has 5 heteroatoms. The topological polar surface area (TPSA) is 35.2 Å². The molecule has 0 radical (unpaired) electrons. The molecule has 2 N–H and O–H groups in total. The van der Waals surface area contributed by atoms with Gasteiger partial charge in [0.1, 0.15) is 5.75 Å². The van der Waals surface area contributed by atoms with Crippen molar-refractivity contribution in [3.63, 3.8) is 0 Å². The zero-order chi connectivity index (χ0) is 14.3. The van der Waals surface area contributed by atoms with E-state index in [4.69, 9.17) is 45.3 Å². The minimum Gasteiger partial charge on any atom is -0.493 e. The average Bonchev–Trinajstić information content (AvgIpc) is 2.83. The average molecular weight is 329 g/mol. The molecule has 0 aromatic heterocycles. The third-order valence-corrected chi connectivity index (χ3v) is 4.01. The minimum absolute atomic E-state index is 0.378. The van der Waals surface area contributed by atoms with Crippen LogP contribution in [0.3, 0.4) is 0 Å². The number of rotatable bonds is 2. The highest BCUT2D eigenvalue weighted by atomic mass is 35.5. The van der Waals surface area contributed by atoms with Crippen LogP contribution >= 0.6 is 34.8 Å². The maximum Gasteiger partial charge on any atom is 0.127 e.